The van der Waals surface area contributed by atoms with Crippen molar-refractivity contribution >= 4 is 39.5 Å². The van der Waals surface area contributed by atoms with E-state index in [4.69, 9.17) is 37.9 Å². The van der Waals surface area contributed by atoms with Crippen LogP contribution in [0.25, 0.3) is 21.5 Å². The maximum Gasteiger partial charge on any atom is 0.344 e. The summed E-state index contributed by atoms with van der Waals surface area (Å²) in [6.45, 7) is 9.27. The van der Waals surface area contributed by atoms with Gasteiger partial charge in [0.15, 0.2) is 29.6 Å². The van der Waals surface area contributed by atoms with Gasteiger partial charge in [-0.3, -0.25) is 9.97 Å². The second-order valence-corrected chi connectivity index (χ2v) is 14.7. The molecule has 2 heterocycles. The van der Waals surface area contributed by atoms with Gasteiger partial charge in [-0.2, -0.15) is 0 Å². The van der Waals surface area contributed by atoms with Gasteiger partial charge in [-0.05, 0) is 94.3 Å². The molecular formula is C48H55N3O12. The molecule has 15 nitrogen and oxygen atoms in total. The molecule has 0 aliphatic heterocycles. The molecule has 0 saturated carbocycles. The first-order valence-electron chi connectivity index (χ1n) is 19.8. The maximum atomic E-state index is 12.6. The minimum Gasteiger partial charge on any atom is -0.508 e. The van der Waals surface area contributed by atoms with Crippen molar-refractivity contribution in [2.24, 2.45) is 0 Å². The first kappa shape index (κ1) is 48.5. The summed E-state index contributed by atoms with van der Waals surface area (Å²) in [6, 6.07) is 21.5. The maximum absolute atomic E-state index is 12.6. The molecule has 63 heavy (non-hydrogen) atoms. The zero-order valence-corrected chi connectivity index (χ0v) is 37.2. The number of hydrogen-bond acceptors (Lipinski definition) is 15. The van der Waals surface area contributed by atoms with Crippen LogP contribution in [-0.2, 0) is 31.8 Å². The van der Waals surface area contributed by atoms with Crippen LogP contribution in [0.3, 0.4) is 0 Å². The standard InChI is InChI=1S/C27H31NO7.C21H21NO5.H3N/c1-7-33-26(30)21-15-28-22(20-14-24(32-6)23(31-5)13-19(20)21)12-17-9-8-10-18(11-17)34-16-25(29)35-27(2,3)4;1-4-27-21(24)17-12-22-18(9-13-6-5-7-14(23)8-13)16-11-20(26-3)19(25-2)10-15(16)17;/h8-11,13-15H,7,12,16H2,1-6H3;5-8,10-12,23H,4,9H2,1-3H3;1H3. The van der Waals surface area contributed by atoms with Crippen molar-refractivity contribution < 1.29 is 57.4 Å². The second kappa shape index (κ2) is 22.1. The summed E-state index contributed by atoms with van der Waals surface area (Å²) < 4.78 is 43.0. The Morgan fingerprint density at radius 1 is 0.603 bits per heavy atom. The minimum absolute atomic E-state index is 0. The lowest BCUT2D eigenvalue weighted by molar-refractivity contribution is -0.157. The number of carbonyl (C=O) groups is 3. The van der Waals surface area contributed by atoms with Crippen LogP contribution in [0.2, 0.25) is 0 Å². The number of rotatable bonds is 15. The van der Waals surface area contributed by atoms with Gasteiger partial charge in [0.2, 0.25) is 0 Å². The molecule has 0 fully saturated rings. The average Bonchev–Trinajstić information content (AvgIpc) is 3.24. The van der Waals surface area contributed by atoms with Crippen LogP contribution in [0, 0.1) is 0 Å². The molecule has 0 spiro atoms. The lowest BCUT2D eigenvalue weighted by Gasteiger charge is -2.19. The van der Waals surface area contributed by atoms with Gasteiger partial charge in [-0.15, -0.1) is 0 Å². The highest BCUT2D eigenvalue weighted by Gasteiger charge is 2.21. The summed E-state index contributed by atoms with van der Waals surface area (Å²) in [6.07, 6.45) is 3.98. The normalized spacial score (nSPS) is 10.7. The van der Waals surface area contributed by atoms with Gasteiger partial charge in [-0.1, -0.05) is 24.3 Å². The van der Waals surface area contributed by atoms with E-state index in [1.54, 1.807) is 99.5 Å². The van der Waals surface area contributed by atoms with E-state index in [9.17, 15) is 19.5 Å². The summed E-state index contributed by atoms with van der Waals surface area (Å²) in [5.74, 6) is 1.49. The number of pyridine rings is 2. The predicted octanol–water partition coefficient (Wildman–Crippen LogP) is 8.63. The van der Waals surface area contributed by atoms with Crippen LogP contribution in [0.15, 0.2) is 85.2 Å². The van der Waals surface area contributed by atoms with Gasteiger partial charge in [0.05, 0.1) is 64.2 Å². The topological polar surface area (TPSA) is 206 Å². The fourth-order valence-corrected chi connectivity index (χ4v) is 6.58. The van der Waals surface area contributed by atoms with Gasteiger partial charge < -0.3 is 49.2 Å². The first-order chi connectivity index (χ1) is 29.7. The van der Waals surface area contributed by atoms with Crippen LogP contribution >= 0.6 is 0 Å². The Bertz CT molecular complexity index is 2550. The number of phenols is 1. The molecule has 0 saturated heterocycles. The van der Waals surface area contributed by atoms with E-state index in [2.05, 4.69) is 9.97 Å². The summed E-state index contributed by atoms with van der Waals surface area (Å²) >= 11 is 0. The lowest BCUT2D eigenvalue weighted by atomic mass is 10.00. The zero-order valence-electron chi connectivity index (χ0n) is 37.2. The Hall–Kier alpha value is -7.13. The van der Waals surface area contributed by atoms with Gasteiger partial charge in [0, 0.05) is 46.8 Å². The highest BCUT2D eigenvalue weighted by atomic mass is 16.6. The molecule has 0 aliphatic carbocycles. The third kappa shape index (κ3) is 12.5. The van der Waals surface area contributed by atoms with Crippen molar-refractivity contribution in [2.45, 2.75) is 53.1 Å². The summed E-state index contributed by atoms with van der Waals surface area (Å²) in [4.78, 5) is 46.0. The largest absolute Gasteiger partial charge is 0.508 e. The molecule has 6 aromatic rings. The Labute approximate surface area is 366 Å². The Morgan fingerprint density at radius 3 is 1.44 bits per heavy atom. The van der Waals surface area contributed by atoms with E-state index in [1.165, 1.54) is 12.4 Å². The van der Waals surface area contributed by atoms with E-state index in [0.717, 1.165) is 33.3 Å². The number of methoxy groups -OCH3 is 4. The Morgan fingerprint density at radius 2 is 1.03 bits per heavy atom. The van der Waals surface area contributed by atoms with Crippen LogP contribution < -0.4 is 29.8 Å². The number of carbonyl (C=O) groups excluding carboxylic acids is 3. The quantitative estimate of drug-likeness (QED) is 0.0732. The molecule has 0 unspecified atom stereocenters. The molecule has 334 valence electrons. The smallest absolute Gasteiger partial charge is 0.344 e. The van der Waals surface area contributed by atoms with E-state index in [0.29, 0.717) is 63.5 Å². The van der Waals surface area contributed by atoms with Crippen molar-refractivity contribution in [3.63, 3.8) is 0 Å². The van der Waals surface area contributed by atoms with Gasteiger partial charge in [0.25, 0.3) is 0 Å². The third-order valence-corrected chi connectivity index (χ3v) is 9.27. The number of aromatic hydroxyl groups is 1. The monoisotopic (exact) mass is 865 g/mol. The summed E-state index contributed by atoms with van der Waals surface area (Å²) in [7, 11) is 6.19. The fourth-order valence-electron chi connectivity index (χ4n) is 6.58. The van der Waals surface area contributed by atoms with Crippen molar-refractivity contribution in [3.05, 3.63) is 119 Å². The van der Waals surface area contributed by atoms with E-state index in [1.807, 2.05) is 36.4 Å². The van der Waals surface area contributed by atoms with E-state index < -0.39 is 23.5 Å². The molecule has 0 radical (unpaired) electrons. The van der Waals surface area contributed by atoms with Crippen molar-refractivity contribution in [2.75, 3.05) is 48.3 Å². The van der Waals surface area contributed by atoms with Crippen molar-refractivity contribution in [3.8, 4) is 34.5 Å². The lowest BCUT2D eigenvalue weighted by Crippen LogP contribution is -2.27. The molecule has 6 rings (SSSR count). The van der Waals surface area contributed by atoms with Crippen molar-refractivity contribution in [1.82, 2.24) is 16.1 Å². The number of hydrogen-bond donors (Lipinski definition) is 2. The van der Waals surface area contributed by atoms with Gasteiger partial charge in [-0.25, -0.2) is 14.4 Å². The second-order valence-electron chi connectivity index (χ2n) is 14.7. The van der Waals surface area contributed by atoms with Crippen LogP contribution in [0.5, 0.6) is 34.5 Å². The van der Waals surface area contributed by atoms with E-state index >= 15 is 0 Å². The van der Waals surface area contributed by atoms with E-state index in [-0.39, 0.29) is 31.7 Å². The van der Waals surface area contributed by atoms with Crippen LogP contribution in [0.4, 0.5) is 0 Å². The molecule has 15 heteroatoms. The Kier molecular flexibility index (Phi) is 17.0. The first-order valence-corrected chi connectivity index (χ1v) is 19.8. The molecule has 2 aromatic heterocycles. The predicted molar refractivity (Wildman–Crippen MR) is 238 cm³/mol. The number of aromatic nitrogens is 2. The Balaban J connectivity index is 0.000000281. The number of fused-ring (bicyclic) bond motifs is 2. The van der Waals surface area contributed by atoms with Gasteiger partial charge in [0.1, 0.15) is 17.1 Å². The SMILES string of the molecule is CCOC(=O)c1cnc(Cc2cccc(O)c2)c2cc(OC)c(OC)cc12.CCOC(=O)c1cnc(Cc2cccc(OCC(=O)OC(C)(C)C)c2)c2cc(OC)c(OC)cc12.N. The summed E-state index contributed by atoms with van der Waals surface area (Å²) in [5.41, 5.74) is 3.45. The number of phenolic OH excluding ortho intramolecular Hbond substituents is 1. The number of nitrogens with zero attached hydrogens (tertiary/aromatic N) is 2. The molecule has 4 N–H and O–H groups in total. The minimum atomic E-state index is -0.575. The van der Waals surface area contributed by atoms with Crippen LogP contribution in [0.1, 0.15) is 77.8 Å². The number of benzene rings is 4. The van der Waals surface area contributed by atoms with Gasteiger partial charge >= 0.3 is 17.9 Å². The average molecular weight is 866 g/mol. The molecular weight excluding hydrogens is 811 g/mol. The molecule has 4 aromatic carbocycles. The zero-order chi connectivity index (χ0) is 45.0. The molecule has 0 atom stereocenters. The number of ether oxygens (including phenoxy) is 8. The third-order valence-electron chi connectivity index (χ3n) is 9.27. The molecule has 0 bridgehead atoms. The molecule has 0 aliphatic rings. The summed E-state index contributed by atoms with van der Waals surface area (Å²) in [5, 5.41) is 12.6. The van der Waals surface area contributed by atoms with Crippen LogP contribution in [-0.4, -0.2) is 86.8 Å². The highest BCUT2D eigenvalue weighted by Crippen LogP contribution is 2.37. The van der Waals surface area contributed by atoms with Crippen molar-refractivity contribution in [1.29, 1.82) is 0 Å². The highest BCUT2D eigenvalue weighted by molar-refractivity contribution is 6.06. The number of esters is 3. The fraction of sp³-hybridized carbons (Fsp3) is 0.312. The molecule has 0 amide bonds.